The van der Waals surface area contributed by atoms with Crippen molar-refractivity contribution in [2.45, 2.75) is 39.3 Å². The number of hydrogen-bond donors (Lipinski definition) is 2. The number of aromatic nitrogens is 1. The van der Waals surface area contributed by atoms with Crippen LogP contribution in [0.3, 0.4) is 0 Å². The van der Waals surface area contributed by atoms with Crippen LogP contribution in [0.1, 0.15) is 32.3 Å². The van der Waals surface area contributed by atoms with E-state index >= 15 is 0 Å². The highest BCUT2D eigenvalue weighted by Crippen LogP contribution is 2.25. The lowest BCUT2D eigenvalue weighted by molar-refractivity contribution is 0.552. The molecule has 88 valence electrons. The number of pyridine rings is 1. The van der Waals surface area contributed by atoms with Gasteiger partial charge in [0.2, 0.25) is 0 Å². The first-order chi connectivity index (χ1) is 7.75. The van der Waals surface area contributed by atoms with Crippen molar-refractivity contribution >= 4 is 5.82 Å². The van der Waals surface area contributed by atoms with Crippen molar-refractivity contribution in [2.75, 3.05) is 11.9 Å². The van der Waals surface area contributed by atoms with Gasteiger partial charge in [-0.25, -0.2) is 4.98 Å². The van der Waals surface area contributed by atoms with Crippen LogP contribution in [0, 0.1) is 5.92 Å². The van der Waals surface area contributed by atoms with Crippen molar-refractivity contribution in [3.8, 4) is 0 Å². The summed E-state index contributed by atoms with van der Waals surface area (Å²) in [4.78, 5) is 4.41. The molecule has 1 aromatic heterocycles. The fourth-order valence-electron chi connectivity index (χ4n) is 1.63. The molecule has 1 fully saturated rings. The van der Waals surface area contributed by atoms with Crippen molar-refractivity contribution in [3.05, 3.63) is 23.9 Å². The maximum atomic E-state index is 4.41. The molecule has 0 amide bonds. The fourth-order valence-corrected chi connectivity index (χ4v) is 1.63. The van der Waals surface area contributed by atoms with Gasteiger partial charge in [0.15, 0.2) is 0 Å². The Kier molecular flexibility index (Phi) is 3.78. The minimum atomic E-state index is 0.666. The molecule has 0 saturated heterocycles. The second-order valence-corrected chi connectivity index (χ2v) is 4.95. The molecule has 0 atom stereocenters. The van der Waals surface area contributed by atoms with Crippen LogP contribution in [0.5, 0.6) is 0 Å². The van der Waals surface area contributed by atoms with E-state index in [2.05, 4.69) is 35.5 Å². The van der Waals surface area contributed by atoms with E-state index in [0.29, 0.717) is 12.0 Å². The van der Waals surface area contributed by atoms with Gasteiger partial charge >= 0.3 is 0 Å². The first-order valence-electron chi connectivity index (χ1n) is 6.17. The molecule has 2 rings (SSSR count). The lowest BCUT2D eigenvalue weighted by Gasteiger charge is -2.12. The topological polar surface area (TPSA) is 37.0 Å². The van der Waals surface area contributed by atoms with E-state index < -0.39 is 0 Å². The summed E-state index contributed by atoms with van der Waals surface area (Å²) >= 11 is 0. The van der Waals surface area contributed by atoms with Crippen molar-refractivity contribution in [1.82, 2.24) is 10.3 Å². The van der Waals surface area contributed by atoms with Crippen LogP contribution in [0.25, 0.3) is 0 Å². The van der Waals surface area contributed by atoms with Gasteiger partial charge in [0.25, 0.3) is 0 Å². The second kappa shape index (κ2) is 5.30. The van der Waals surface area contributed by atoms with Crippen LogP contribution in [0.15, 0.2) is 18.3 Å². The molecule has 3 heteroatoms. The first kappa shape index (κ1) is 11.4. The summed E-state index contributed by atoms with van der Waals surface area (Å²) in [7, 11) is 0. The van der Waals surface area contributed by atoms with Crippen molar-refractivity contribution in [2.24, 2.45) is 5.92 Å². The summed E-state index contributed by atoms with van der Waals surface area (Å²) in [5.41, 5.74) is 1.27. The predicted molar refractivity (Wildman–Crippen MR) is 67.4 cm³/mol. The predicted octanol–water partition coefficient (Wildman–Crippen LogP) is 2.40. The van der Waals surface area contributed by atoms with Crippen LogP contribution < -0.4 is 10.6 Å². The van der Waals surface area contributed by atoms with E-state index in [1.807, 2.05) is 12.3 Å². The second-order valence-electron chi connectivity index (χ2n) is 4.95. The van der Waals surface area contributed by atoms with E-state index in [1.165, 1.54) is 18.4 Å². The Morgan fingerprint density at radius 3 is 2.94 bits per heavy atom. The van der Waals surface area contributed by atoms with Crippen LogP contribution >= 0.6 is 0 Å². The molecular weight excluding hydrogens is 198 g/mol. The Labute approximate surface area is 97.7 Å². The van der Waals surface area contributed by atoms with Crippen molar-refractivity contribution in [1.29, 1.82) is 0 Å². The van der Waals surface area contributed by atoms with Gasteiger partial charge in [0.1, 0.15) is 5.82 Å². The zero-order chi connectivity index (χ0) is 11.4. The van der Waals surface area contributed by atoms with Crippen molar-refractivity contribution in [3.63, 3.8) is 0 Å². The van der Waals surface area contributed by atoms with E-state index in [-0.39, 0.29) is 0 Å². The number of nitrogens with one attached hydrogen (secondary N) is 2. The van der Waals surface area contributed by atoms with E-state index in [1.54, 1.807) is 0 Å². The number of nitrogens with zero attached hydrogens (tertiary/aromatic N) is 1. The van der Waals surface area contributed by atoms with Crippen LogP contribution in [-0.4, -0.2) is 17.6 Å². The minimum absolute atomic E-state index is 0.666. The number of hydrogen-bond acceptors (Lipinski definition) is 3. The normalized spacial score (nSPS) is 15.4. The van der Waals surface area contributed by atoms with E-state index in [4.69, 9.17) is 0 Å². The van der Waals surface area contributed by atoms with Gasteiger partial charge < -0.3 is 10.6 Å². The summed E-state index contributed by atoms with van der Waals surface area (Å²) < 4.78 is 0. The average Bonchev–Trinajstić information content (AvgIpc) is 3.04. The number of anilines is 1. The third-order valence-corrected chi connectivity index (χ3v) is 2.68. The van der Waals surface area contributed by atoms with Gasteiger partial charge in [-0.05, 0) is 31.4 Å². The Balaban J connectivity index is 1.90. The highest BCUT2D eigenvalue weighted by atomic mass is 15.0. The summed E-state index contributed by atoms with van der Waals surface area (Å²) in [6.07, 6.45) is 4.43. The fraction of sp³-hybridized carbons (Fsp3) is 0.615. The zero-order valence-corrected chi connectivity index (χ0v) is 10.2. The first-order valence-corrected chi connectivity index (χ1v) is 6.17. The Morgan fingerprint density at radius 1 is 1.44 bits per heavy atom. The minimum Gasteiger partial charge on any atom is -0.367 e. The summed E-state index contributed by atoms with van der Waals surface area (Å²) in [6.45, 7) is 6.40. The van der Waals surface area contributed by atoms with E-state index in [0.717, 1.165) is 18.9 Å². The zero-order valence-electron chi connectivity index (χ0n) is 10.2. The Hall–Kier alpha value is -1.09. The van der Waals surface area contributed by atoms with Crippen LogP contribution in [0.2, 0.25) is 0 Å². The average molecular weight is 219 g/mol. The lowest BCUT2D eigenvalue weighted by Crippen LogP contribution is -2.20. The van der Waals surface area contributed by atoms with Crippen LogP contribution in [0.4, 0.5) is 5.82 Å². The quantitative estimate of drug-likeness (QED) is 0.771. The molecule has 1 aliphatic carbocycles. The third kappa shape index (κ3) is 3.49. The molecule has 1 aliphatic rings. The smallest absolute Gasteiger partial charge is 0.130 e. The monoisotopic (exact) mass is 219 g/mol. The lowest BCUT2D eigenvalue weighted by atomic mass is 10.2. The van der Waals surface area contributed by atoms with Gasteiger partial charge in [-0.3, -0.25) is 0 Å². The Bertz CT molecular complexity index is 332. The molecule has 3 nitrogen and oxygen atoms in total. The third-order valence-electron chi connectivity index (χ3n) is 2.68. The van der Waals surface area contributed by atoms with Gasteiger partial charge in [-0.15, -0.1) is 0 Å². The highest BCUT2D eigenvalue weighted by molar-refractivity contribution is 5.45. The molecule has 0 spiro atoms. The molecule has 16 heavy (non-hydrogen) atoms. The van der Waals surface area contributed by atoms with Gasteiger partial charge in [-0.1, -0.05) is 19.9 Å². The maximum Gasteiger partial charge on any atom is 0.130 e. The molecule has 1 heterocycles. The molecule has 1 saturated carbocycles. The summed E-state index contributed by atoms with van der Waals surface area (Å²) in [5.74, 6) is 1.75. The highest BCUT2D eigenvalue weighted by Gasteiger charge is 2.22. The van der Waals surface area contributed by atoms with Gasteiger partial charge in [0.05, 0.1) is 0 Å². The molecule has 0 unspecified atom stereocenters. The SMILES string of the molecule is CC(C)CNCc1cccnc1NC1CC1. The van der Waals surface area contributed by atoms with E-state index in [9.17, 15) is 0 Å². The summed E-state index contributed by atoms with van der Waals surface area (Å²) in [5, 5.41) is 6.93. The maximum absolute atomic E-state index is 4.41. The molecule has 1 aromatic rings. The molecule has 0 aliphatic heterocycles. The van der Waals surface area contributed by atoms with Crippen molar-refractivity contribution < 1.29 is 0 Å². The number of rotatable bonds is 6. The summed E-state index contributed by atoms with van der Waals surface area (Å²) in [6, 6.07) is 4.81. The molecule has 0 radical (unpaired) electrons. The van der Waals surface area contributed by atoms with Gasteiger partial charge in [0, 0.05) is 24.3 Å². The van der Waals surface area contributed by atoms with Crippen LogP contribution in [-0.2, 0) is 6.54 Å². The standard InChI is InChI=1S/C13H21N3/c1-10(2)8-14-9-11-4-3-7-15-13(11)16-12-5-6-12/h3-4,7,10,12,14H,5-6,8-9H2,1-2H3,(H,15,16). The Morgan fingerprint density at radius 2 is 2.25 bits per heavy atom. The van der Waals surface area contributed by atoms with Gasteiger partial charge in [-0.2, -0.15) is 0 Å². The largest absolute Gasteiger partial charge is 0.367 e. The molecule has 0 bridgehead atoms. The molecule has 2 N–H and O–H groups in total. The molecular formula is C13H21N3. The molecule has 0 aromatic carbocycles.